The van der Waals surface area contributed by atoms with E-state index in [0.717, 1.165) is 0 Å². The number of hydrogen-bond acceptors (Lipinski definition) is 6. The van der Waals surface area contributed by atoms with Gasteiger partial charge in [-0.1, -0.05) is 31.5 Å². The van der Waals surface area contributed by atoms with E-state index in [4.69, 9.17) is 11.6 Å². The fourth-order valence-corrected chi connectivity index (χ4v) is 3.20. The maximum absolute atomic E-state index is 13.3. The van der Waals surface area contributed by atoms with Crippen molar-refractivity contribution < 1.29 is 18.0 Å². The second-order valence-corrected chi connectivity index (χ2v) is 6.98. The van der Waals surface area contributed by atoms with Gasteiger partial charge in [-0.25, -0.2) is 9.97 Å². The minimum atomic E-state index is -4.50. The van der Waals surface area contributed by atoms with Crippen molar-refractivity contribution in [3.05, 3.63) is 59.1 Å². The summed E-state index contributed by atoms with van der Waals surface area (Å²) >= 11 is 6.30. The van der Waals surface area contributed by atoms with Gasteiger partial charge < -0.3 is 10.2 Å². The zero-order chi connectivity index (χ0) is 24.6. The number of amides is 1. The lowest BCUT2D eigenvalue weighted by Crippen LogP contribution is -2.42. The maximum atomic E-state index is 13.3. The summed E-state index contributed by atoms with van der Waals surface area (Å²) in [5.74, 6) is -0.257. The molecule has 0 saturated carbocycles. The van der Waals surface area contributed by atoms with Gasteiger partial charge in [-0.05, 0) is 26.0 Å². The molecule has 0 spiro atoms. The Labute approximate surface area is 194 Å². The van der Waals surface area contributed by atoms with E-state index in [1.54, 1.807) is 30.0 Å². The van der Waals surface area contributed by atoms with Gasteiger partial charge in [0.15, 0.2) is 0 Å². The molecule has 0 aliphatic heterocycles. The van der Waals surface area contributed by atoms with Crippen LogP contribution in [0.1, 0.15) is 43.6 Å². The number of alkyl halides is 3. The fourth-order valence-electron chi connectivity index (χ4n) is 2.95. The van der Waals surface area contributed by atoms with Crippen molar-refractivity contribution in [1.82, 2.24) is 29.9 Å². The fraction of sp³-hybridized carbons (Fsp3) is 0.381. The lowest BCUT2D eigenvalue weighted by molar-refractivity contribution is -0.138. The van der Waals surface area contributed by atoms with Crippen LogP contribution in [0.2, 0.25) is 5.02 Å². The Kier molecular flexibility index (Phi) is 9.15. The number of halogens is 4. The Balaban J connectivity index is 0.00000187. The van der Waals surface area contributed by atoms with Gasteiger partial charge in [0.25, 0.3) is 5.91 Å². The maximum Gasteiger partial charge on any atom is 0.419 e. The first-order valence-corrected chi connectivity index (χ1v) is 10.7. The third-order valence-corrected chi connectivity index (χ3v) is 4.81. The molecule has 8 nitrogen and oxygen atoms in total. The van der Waals surface area contributed by atoms with E-state index in [2.05, 4.69) is 25.5 Å². The van der Waals surface area contributed by atoms with E-state index in [9.17, 15) is 18.0 Å². The lowest BCUT2D eigenvalue weighted by atomic mass is 10.1. The van der Waals surface area contributed by atoms with Crippen molar-refractivity contribution in [1.29, 1.82) is 0 Å². The first-order chi connectivity index (χ1) is 15.7. The molecule has 0 saturated heterocycles. The van der Waals surface area contributed by atoms with Crippen molar-refractivity contribution in [2.24, 2.45) is 0 Å². The molecule has 0 aliphatic rings. The molecule has 178 valence electrons. The van der Waals surface area contributed by atoms with Crippen LogP contribution >= 0.6 is 11.6 Å². The third kappa shape index (κ3) is 6.41. The summed E-state index contributed by atoms with van der Waals surface area (Å²) in [6, 6.07) is 4.60. The SMILES string of the molecule is CC.CCN(C(=O)c1cccc(Cl)c1-n1nccn1)[C@@H](C)CNc1ncc(C(F)(F)F)cn1. The molecule has 3 rings (SSSR count). The summed E-state index contributed by atoms with van der Waals surface area (Å²) < 4.78 is 37.9. The highest BCUT2D eigenvalue weighted by Gasteiger charge is 2.31. The van der Waals surface area contributed by atoms with Gasteiger partial charge >= 0.3 is 6.18 Å². The van der Waals surface area contributed by atoms with E-state index in [1.165, 1.54) is 17.2 Å². The summed E-state index contributed by atoms with van der Waals surface area (Å²) in [7, 11) is 0. The van der Waals surface area contributed by atoms with E-state index >= 15 is 0 Å². The average Bonchev–Trinajstić information content (AvgIpc) is 3.33. The summed E-state index contributed by atoms with van der Waals surface area (Å²) in [6.07, 6.45) is -0.136. The summed E-state index contributed by atoms with van der Waals surface area (Å²) in [5, 5.41) is 11.3. The molecular formula is C21H25ClF3N7O. The number of likely N-dealkylation sites (N-methyl/N-ethyl adjacent to an activating group) is 1. The number of carbonyl (C=O) groups excluding carboxylic acids is 1. The predicted molar refractivity (Wildman–Crippen MR) is 119 cm³/mol. The van der Waals surface area contributed by atoms with Crippen molar-refractivity contribution in [2.75, 3.05) is 18.4 Å². The van der Waals surface area contributed by atoms with Gasteiger partial charge in [0, 0.05) is 31.5 Å². The zero-order valence-electron chi connectivity index (χ0n) is 18.6. The third-order valence-electron chi connectivity index (χ3n) is 4.50. The first kappa shape index (κ1) is 26.0. The standard InChI is InChI=1S/C19H19ClF3N7O.C2H6/c1-3-29(12(2)9-24-18-25-10-13(11-26-18)19(21,22)23)17(31)14-5-4-6-15(20)16(14)30-27-7-8-28-30;1-2/h4-8,10-12H,3,9H2,1-2H3,(H,24,25,26);1-2H3/t12-;/m0./s1. The average molecular weight is 484 g/mol. The van der Waals surface area contributed by atoms with Crippen molar-refractivity contribution in [3.8, 4) is 5.69 Å². The van der Waals surface area contributed by atoms with Crippen LogP contribution in [0.4, 0.5) is 19.1 Å². The van der Waals surface area contributed by atoms with Gasteiger partial charge in [-0.3, -0.25) is 4.79 Å². The van der Waals surface area contributed by atoms with Crippen molar-refractivity contribution in [3.63, 3.8) is 0 Å². The molecule has 0 radical (unpaired) electrons. The minimum absolute atomic E-state index is 0.0348. The Bertz CT molecular complexity index is 1030. The number of nitrogens with zero attached hydrogens (tertiary/aromatic N) is 6. The monoisotopic (exact) mass is 483 g/mol. The molecule has 1 atom stereocenters. The highest BCUT2D eigenvalue weighted by molar-refractivity contribution is 6.33. The molecule has 1 amide bonds. The molecular weight excluding hydrogens is 459 g/mol. The number of rotatable bonds is 7. The Hall–Kier alpha value is -3.21. The molecule has 0 unspecified atom stereocenters. The van der Waals surface area contributed by atoms with Crippen molar-refractivity contribution >= 4 is 23.5 Å². The number of para-hydroxylation sites is 1. The van der Waals surface area contributed by atoms with Crippen molar-refractivity contribution in [2.45, 2.75) is 39.9 Å². The normalized spacial score (nSPS) is 11.9. The van der Waals surface area contributed by atoms with Gasteiger partial charge in [-0.15, -0.1) is 4.80 Å². The van der Waals surface area contributed by atoms with Gasteiger partial charge in [0.05, 0.1) is 28.5 Å². The second kappa shape index (κ2) is 11.6. The largest absolute Gasteiger partial charge is 0.419 e. The molecule has 33 heavy (non-hydrogen) atoms. The number of hydrogen-bond donors (Lipinski definition) is 1. The van der Waals surface area contributed by atoms with Gasteiger partial charge in [0.1, 0.15) is 5.69 Å². The molecule has 0 aliphatic carbocycles. The number of nitrogens with one attached hydrogen (secondary N) is 1. The van der Waals surface area contributed by atoms with Crippen LogP contribution in [0.25, 0.3) is 5.69 Å². The molecule has 0 bridgehead atoms. The molecule has 0 fully saturated rings. The van der Waals surface area contributed by atoms with Crippen LogP contribution in [-0.2, 0) is 6.18 Å². The second-order valence-electron chi connectivity index (χ2n) is 6.57. The molecule has 1 N–H and O–H groups in total. The Morgan fingerprint density at radius 2 is 1.79 bits per heavy atom. The smallest absolute Gasteiger partial charge is 0.352 e. The van der Waals surface area contributed by atoms with E-state index in [-0.39, 0.29) is 24.4 Å². The van der Waals surface area contributed by atoms with Gasteiger partial charge in [-0.2, -0.15) is 23.4 Å². The van der Waals surface area contributed by atoms with Crippen LogP contribution in [0.5, 0.6) is 0 Å². The van der Waals surface area contributed by atoms with Crippen LogP contribution < -0.4 is 5.32 Å². The highest BCUT2D eigenvalue weighted by atomic mass is 35.5. The highest BCUT2D eigenvalue weighted by Crippen LogP contribution is 2.28. The number of aromatic nitrogens is 5. The molecule has 2 heterocycles. The topological polar surface area (TPSA) is 88.8 Å². The number of carbonyl (C=O) groups is 1. The van der Waals surface area contributed by atoms with Crippen LogP contribution in [0, 0.1) is 0 Å². The summed E-state index contributed by atoms with van der Waals surface area (Å²) in [5.41, 5.74) is -0.246. The van der Waals surface area contributed by atoms with Crippen LogP contribution in [0.3, 0.4) is 0 Å². The lowest BCUT2D eigenvalue weighted by Gasteiger charge is -2.29. The molecule has 12 heteroatoms. The molecule has 3 aromatic rings. The van der Waals surface area contributed by atoms with E-state index < -0.39 is 11.7 Å². The summed E-state index contributed by atoms with van der Waals surface area (Å²) in [4.78, 5) is 23.5. The number of benzene rings is 1. The number of anilines is 1. The minimum Gasteiger partial charge on any atom is -0.352 e. The molecule has 1 aromatic carbocycles. The van der Waals surface area contributed by atoms with Gasteiger partial charge in [0.2, 0.25) is 5.95 Å². The summed E-state index contributed by atoms with van der Waals surface area (Å²) in [6.45, 7) is 8.23. The van der Waals surface area contributed by atoms with Crippen LogP contribution in [-0.4, -0.2) is 54.9 Å². The van der Waals surface area contributed by atoms with E-state index in [1.807, 2.05) is 20.8 Å². The first-order valence-electron chi connectivity index (χ1n) is 10.3. The Morgan fingerprint density at radius 3 is 2.33 bits per heavy atom. The predicted octanol–water partition coefficient (Wildman–Crippen LogP) is 4.72. The quantitative estimate of drug-likeness (QED) is 0.523. The van der Waals surface area contributed by atoms with Crippen LogP contribution in [0.15, 0.2) is 43.0 Å². The Morgan fingerprint density at radius 1 is 1.18 bits per heavy atom. The van der Waals surface area contributed by atoms with E-state index in [0.29, 0.717) is 35.2 Å². The molecule has 2 aromatic heterocycles. The zero-order valence-corrected chi connectivity index (χ0v) is 19.4.